The summed E-state index contributed by atoms with van der Waals surface area (Å²) in [4.78, 5) is 13.9. The second-order valence-corrected chi connectivity index (χ2v) is 3.77. The normalized spacial score (nSPS) is 10.6. The molecule has 1 aromatic carbocycles. The lowest BCUT2D eigenvalue weighted by Crippen LogP contribution is -1.99. The van der Waals surface area contributed by atoms with Gasteiger partial charge in [0.2, 0.25) is 0 Å². The Bertz CT molecular complexity index is 583. The van der Waals surface area contributed by atoms with Crippen LogP contribution in [0.15, 0.2) is 30.7 Å². The molecule has 0 atom stereocenters. The van der Waals surface area contributed by atoms with Crippen LogP contribution < -0.4 is 0 Å². The van der Waals surface area contributed by atoms with E-state index < -0.39 is 10.7 Å². The van der Waals surface area contributed by atoms with E-state index in [1.807, 2.05) is 0 Å². The molecule has 2 aromatic rings. The zero-order chi connectivity index (χ0) is 13.1. The highest BCUT2D eigenvalue weighted by Crippen LogP contribution is 2.17. The van der Waals surface area contributed by atoms with Crippen LogP contribution in [0.5, 0.6) is 0 Å². The number of halogens is 1. The van der Waals surface area contributed by atoms with Crippen molar-refractivity contribution in [2.45, 2.75) is 13.2 Å². The Kier molecular flexibility index (Phi) is 3.33. The number of rotatable bonds is 4. The monoisotopic (exact) mass is 251 g/mol. The Morgan fingerprint density at radius 3 is 2.83 bits per heavy atom. The van der Waals surface area contributed by atoms with E-state index in [9.17, 15) is 14.5 Å². The van der Waals surface area contributed by atoms with Gasteiger partial charge in [0.15, 0.2) is 0 Å². The van der Waals surface area contributed by atoms with Crippen LogP contribution in [0.4, 0.5) is 10.1 Å². The topological polar surface area (TPSA) is 81.2 Å². The van der Waals surface area contributed by atoms with E-state index in [1.165, 1.54) is 18.5 Å². The van der Waals surface area contributed by atoms with Gasteiger partial charge in [0.1, 0.15) is 5.82 Å². The number of nitrogens with zero attached hydrogens (tertiary/aromatic N) is 3. The minimum Gasteiger partial charge on any atom is -0.390 e. The van der Waals surface area contributed by atoms with Crippen molar-refractivity contribution < 1.29 is 14.4 Å². The molecule has 1 heterocycles. The molecular weight excluding hydrogens is 241 g/mol. The van der Waals surface area contributed by atoms with Crippen LogP contribution in [0.25, 0.3) is 0 Å². The summed E-state index contributed by atoms with van der Waals surface area (Å²) in [6.45, 7) is 0.0713. The Hall–Kier alpha value is -2.28. The van der Waals surface area contributed by atoms with E-state index >= 15 is 0 Å². The van der Waals surface area contributed by atoms with Crippen LogP contribution in [0, 0.1) is 15.9 Å². The Labute approximate surface area is 101 Å². The fourth-order valence-electron chi connectivity index (χ4n) is 1.62. The summed E-state index contributed by atoms with van der Waals surface area (Å²) < 4.78 is 14.8. The number of hydrogen-bond donors (Lipinski definition) is 1. The van der Waals surface area contributed by atoms with Gasteiger partial charge in [0, 0.05) is 18.8 Å². The molecule has 0 saturated heterocycles. The molecule has 1 N–H and O–H groups in total. The summed E-state index contributed by atoms with van der Waals surface area (Å²) in [6, 6.07) is 3.41. The van der Waals surface area contributed by atoms with Gasteiger partial charge < -0.3 is 9.67 Å². The summed E-state index contributed by atoms with van der Waals surface area (Å²) >= 11 is 0. The van der Waals surface area contributed by atoms with E-state index in [1.54, 1.807) is 10.8 Å². The molecule has 0 unspecified atom stereocenters. The second-order valence-electron chi connectivity index (χ2n) is 3.77. The molecule has 94 valence electrons. The quantitative estimate of drug-likeness (QED) is 0.659. The lowest BCUT2D eigenvalue weighted by atomic mass is 10.2. The standard InChI is InChI=1S/C11H10FN3O3/c12-9-1-8(2-11(3-9)15(17)18)4-14-5-10(6-16)13-7-14/h1-3,5,7,16H,4,6H2. The molecule has 0 aliphatic heterocycles. The number of benzene rings is 1. The first-order valence-electron chi connectivity index (χ1n) is 5.14. The second kappa shape index (κ2) is 4.92. The van der Waals surface area contributed by atoms with Gasteiger partial charge in [0.25, 0.3) is 5.69 Å². The third-order valence-electron chi connectivity index (χ3n) is 2.37. The van der Waals surface area contributed by atoms with Gasteiger partial charge in [-0.25, -0.2) is 9.37 Å². The van der Waals surface area contributed by atoms with Gasteiger partial charge >= 0.3 is 0 Å². The number of aromatic nitrogens is 2. The lowest BCUT2D eigenvalue weighted by Gasteiger charge is -2.02. The van der Waals surface area contributed by atoms with Crippen LogP contribution in [0.3, 0.4) is 0 Å². The SMILES string of the molecule is O=[N+]([O-])c1cc(F)cc(Cn2cnc(CO)c2)c1. The maximum Gasteiger partial charge on any atom is 0.272 e. The highest BCUT2D eigenvalue weighted by Gasteiger charge is 2.10. The summed E-state index contributed by atoms with van der Waals surface area (Å²) in [7, 11) is 0. The molecule has 0 radical (unpaired) electrons. The van der Waals surface area contributed by atoms with Crippen molar-refractivity contribution >= 4 is 5.69 Å². The first kappa shape index (κ1) is 12.2. The van der Waals surface area contributed by atoms with Crippen LogP contribution in [-0.2, 0) is 13.2 Å². The van der Waals surface area contributed by atoms with Gasteiger partial charge in [-0.05, 0) is 11.6 Å². The average molecular weight is 251 g/mol. The Morgan fingerprint density at radius 2 is 2.22 bits per heavy atom. The first-order chi connectivity index (χ1) is 8.58. The zero-order valence-electron chi connectivity index (χ0n) is 9.28. The maximum absolute atomic E-state index is 13.2. The number of aliphatic hydroxyl groups is 1. The van der Waals surface area contributed by atoms with Crippen LogP contribution in [0.1, 0.15) is 11.3 Å². The molecule has 0 fully saturated rings. The predicted octanol–water partition coefficient (Wildman–Crippen LogP) is 1.47. The maximum atomic E-state index is 13.2. The van der Waals surface area contributed by atoms with Crippen molar-refractivity contribution in [2.75, 3.05) is 0 Å². The smallest absolute Gasteiger partial charge is 0.272 e. The molecule has 0 spiro atoms. The molecule has 7 heteroatoms. The van der Waals surface area contributed by atoms with Crippen LogP contribution >= 0.6 is 0 Å². The van der Waals surface area contributed by atoms with Crippen molar-refractivity contribution in [3.05, 3.63) is 57.9 Å². The molecule has 0 bridgehead atoms. The van der Waals surface area contributed by atoms with Gasteiger partial charge in [-0.1, -0.05) is 0 Å². The number of imidazole rings is 1. The van der Waals surface area contributed by atoms with Crippen molar-refractivity contribution in [1.82, 2.24) is 9.55 Å². The minimum absolute atomic E-state index is 0.184. The highest BCUT2D eigenvalue weighted by atomic mass is 19.1. The van der Waals surface area contributed by atoms with Gasteiger partial charge in [0.05, 0.1) is 29.6 Å². The highest BCUT2D eigenvalue weighted by molar-refractivity contribution is 5.35. The van der Waals surface area contributed by atoms with Gasteiger partial charge in [-0.2, -0.15) is 0 Å². The van der Waals surface area contributed by atoms with Crippen molar-refractivity contribution in [1.29, 1.82) is 0 Å². The predicted molar refractivity (Wildman–Crippen MR) is 60.3 cm³/mol. The van der Waals surface area contributed by atoms with E-state index in [0.29, 0.717) is 11.3 Å². The van der Waals surface area contributed by atoms with Crippen molar-refractivity contribution in [2.24, 2.45) is 0 Å². The number of hydrogen-bond acceptors (Lipinski definition) is 4. The molecule has 1 aromatic heterocycles. The Balaban J connectivity index is 2.25. The summed E-state index contributed by atoms with van der Waals surface area (Å²) in [5.41, 5.74) is 0.664. The van der Waals surface area contributed by atoms with Crippen LogP contribution in [-0.4, -0.2) is 19.6 Å². The fourth-order valence-corrected chi connectivity index (χ4v) is 1.62. The number of nitro benzene ring substituents is 1. The Morgan fingerprint density at radius 1 is 1.44 bits per heavy atom. The van der Waals surface area contributed by atoms with E-state index in [-0.39, 0.29) is 18.8 Å². The summed E-state index contributed by atoms with van der Waals surface area (Å²) in [5, 5.41) is 19.4. The lowest BCUT2D eigenvalue weighted by molar-refractivity contribution is -0.385. The number of nitro groups is 1. The van der Waals surface area contributed by atoms with E-state index in [4.69, 9.17) is 5.11 Å². The average Bonchev–Trinajstić information content (AvgIpc) is 2.76. The van der Waals surface area contributed by atoms with Crippen molar-refractivity contribution in [3.63, 3.8) is 0 Å². The molecule has 6 nitrogen and oxygen atoms in total. The van der Waals surface area contributed by atoms with Crippen LogP contribution in [0.2, 0.25) is 0 Å². The van der Waals surface area contributed by atoms with E-state index in [0.717, 1.165) is 6.07 Å². The molecule has 0 amide bonds. The first-order valence-corrected chi connectivity index (χ1v) is 5.14. The van der Waals surface area contributed by atoms with Crippen molar-refractivity contribution in [3.8, 4) is 0 Å². The third-order valence-corrected chi connectivity index (χ3v) is 2.37. The third kappa shape index (κ3) is 2.69. The molecule has 0 aliphatic carbocycles. The zero-order valence-corrected chi connectivity index (χ0v) is 9.28. The molecular formula is C11H10FN3O3. The van der Waals surface area contributed by atoms with Gasteiger partial charge in [-0.15, -0.1) is 0 Å². The van der Waals surface area contributed by atoms with Gasteiger partial charge in [-0.3, -0.25) is 10.1 Å². The summed E-state index contributed by atoms with van der Waals surface area (Å²) in [5.74, 6) is -0.651. The molecule has 2 rings (SSSR count). The molecule has 0 aliphatic rings. The minimum atomic E-state index is -0.651. The molecule has 18 heavy (non-hydrogen) atoms. The number of non-ortho nitro benzene ring substituents is 1. The molecule has 0 saturated carbocycles. The largest absolute Gasteiger partial charge is 0.390 e. The summed E-state index contributed by atoms with van der Waals surface area (Å²) in [6.07, 6.45) is 3.07. The van der Waals surface area contributed by atoms with E-state index in [2.05, 4.69) is 4.98 Å². The fraction of sp³-hybridized carbons (Fsp3) is 0.182. The number of aliphatic hydroxyl groups excluding tert-OH is 1.